The van der Waals surface area contributed by atoms with E-state index in [1.807, 2.05) is 0 Å². The lowest BCUT2D eigenvalue weighted by molar-refractivity contribution is -0.893. The summed E-state index contributed by atoms with van der Waals surface area (Å²) in [6, 6.07) is 0. The van der Waals surface area contributed by atoms with Crippen LogP contribution in [0.3, 0.4) is 0 Å². The third kappa shape index (κ3) is 25.9. The van der Waals surface area contributed by atoms with E-state index < -0.39 is 0 Å². The summed E-state index contributed by atoms with van der Waals surface area (Å²) in [5, 5.41) is 0. The van der Waals surface area contributed by atoms with Crippen molar-refractivity contribution in [3.05, 3.63) is 0 Å². The Bertz CT molecular complexity index is 402. The summed E-state index contributed by atoms with van der Waals surface area (Å²) in [6.45, 7) is 10.8. The molecule has 0 radical (unpaired) electrons. The maximum atomic E-state index is 6.39. The first-order valence-corrected chi connectivity index (χ1v) is 16.7. The molecule has 4 heteroatoms. The second-order valence-corrected chi connectivity index (χ2v) is 12.7. The van der Waals surface area contributed by atoms with Gasteiger partial charge in [0.25, 0.3) is 0 Å². The number of ether oxygens (including phenoxy) is 2. The van der Waals surface area contributed by atoms with Gasteiger partial charge in [0.15, 0.2) is 0 Å². The molecule has 0 heterocycles. The van der Waals surface area contributed by atoms with Crippen LogP contribution in [0, 0.1) is 5.41 Å². The van der Waals surface area contributed by atoms with Crippen LogP contribution in [0.25, 0.3) is 0 Å². The highest BCUT2D eigenvalue weighted by Crippen LogP contribution is 2.24. The van der Waals surface area contributed by atoms with Crippen LogP contribution in [-0.2, 0) is 9.47 Å². The van der Waals surface area contributed by atoms with E-state index in [4.69, 9.17) is 9.47 Å². The van der Waals surface area contributed by atoms with Crippen molar-refractivity contribution in [3.8, 4) is 0 Å². The van der Waals surface area contributed by atoms with Crippen molar-refractivity contribution in [2.24, 2.45) is 5.41 Å². The number of hydrogen-bond donors (Lipinski definition) is 2. The average Bonchev–Trinajstić information content (AvgIpc) is 2.84. The maximum absolute atomic E-state index is 6.39. The Morgan fingerprint density at radius 2 is 0.784 bits per heavy atom. The summed E-state index contributed by atoms with van der Waals surface area (Å²) >= 11 is 0. The highest BCUT2D eigenvalue weighted by molar-refractivity contribution is 4.78. The van der Waals surface area contributed by atoms with Crippen LogP contribution in [0.4, 0.5) is 0 Å². The predicted molar refractivity (Wildman–Crippen MR) is 163 cm³/mol. The SMILES string of the molecule is CCCCCCCCCCCCOCC(CCCCCCCOCCCCCC)(C[NH+](C)C)C[NH+](C)C. The molecule has 0 saturated heterocycles. The number of quaternary nitrogens is 2. The lowest BCUT2D eigenvalue weighted by atomic mass is 9.82. The lowest BCUT2D eigenvalue weighted by Gasteiger charge is -2.34. The smallest absolute Gasteiger partial charge is 0.0914 e. The summed E-state index contributed by atoms with van der Waals surface area (Å²) in [5.74, 6) is 0. The van der Waals surface area contributed by atoms with Crippen LogP contribution in [0.5, 0.6) is 0 Å². The van der Waals surface area contributed by atoms with Gasteiger partial charge >= 0.3 is 0 Å². The highest BCUT2D eigenvalue weighted by Gasteiger charge is 2.36. The summed E-state index contributed by atoms with van der Waals surface area (Å²) in [5.41, 5.74) is 0.303. The second kappa shape index (κ2) is 27.4. The van der Waals surface area contributed by atoms with Crippen molar-refractivity contribution in [1.29, 1.82) is 0 Å². The van der Waals surface area contributed by atoms with Gasteiger partial charge < -0.3 is 19.3 Å². The molecule has 0 aliphatic rings. The summed E-state index contributed by atoms with van der Waals surface area (Å²) < 4.78 is 12.2. The molecule has 0 aromatic carbocycles. The third-order valence-electron chi connectivity index (χ3n) is 7.65. The molecule has 0 bridgehead atoms. The Hall–Kier alpha value is -0.160. The molecule has 0 aromatic rings. The van der Waals surface area contributed by atoms with E-state index in [0.717, 1.165) is 26.4 Å². The molecule has 0 aliphatic heterocycles. The molecule has 0 aromatic heterocycles. The molecule has 37 heavy (non-hydrogen) atoms. The molecule has 4 nitrogen and oxygen atoms in total. The molecule has 0 spiro atoms. The molecule has 0 unspecified atom stereocenters. The standard InChI is InChI=1S/C33H70N2O2/c1-7-9-11-13-14-15-16-17-20-25-29-37-32-33(30-34(3)4,31-35(5)6)26-22-19-18-21-24-28-36-27-23-12-10-8-2/h7-32H2,1-6H3/p+2. The fraction of sp³-hybridized carbons (Fsp3) is 1.00. The van der Waals surface area contributed by atoms with E-state index in [0.29, 0.717) is 5.41 Å². The van der Waals surface area contributed by atoms with Crippen molar-refractivity contribution in [2.45, 2.75) is 142 Å². The zero-order valence-electron chi connectivity index (χ0n) is 26.7. The van der Waals surface area contributed by atoms with Gasteiger partial charge in [0, 0.05) is 19.8 Å². The summed E-state index contributed by atoms with van der Waals surface area (Å²) in [6.07, 6.45) is 26.9. The molecule has 0 atom stereocenters. The van der Waals surface area contributed by atoms with E-state index in [1.54, 1.807) is 9.80 Å². The first kappa shape index (κ1) is 36.8. The van der Waals surface area contributed by atoms with Crippen molar-refractivity contribution in [2.75, 3.05) is 67.7 Å². The zero-order chi connectivity index (χ0) is 27.5. The minimum absolute atomic E-state index is 0.303. The van der Waals surface area contributed by atoms with Crippen LogP contribution < -0.4 is 9.80 Å². The van der Waals surface area contributed by atoms with Crippen molar-refractivity contribution < 1.29 is 19.3 Å². The molecular formula is C33H72N2O2+2. The van der Waals surface area contributed by atoms with Crippen molar-refractivity contribution >= 4 is 0 Å². The van der Waals surface area contributed by atoms with Gasteiger partial charge in [-0.2, -0.15) is 0 Å². The van der Waals surface area contributed by atoms with Gasteiger partial charge in [-0.15, -0.1) is 0 Å². The van der Waals surface area contributed by atoms with Crippen molar-refractivity contribution in [1.82, 2.24) is 0 Å². The molecule has 0 rings (SSSR count). The van der Waals surface area contributed by atoms with Crippen LogP contribution >= 0.6 is 0 Å². The molecule has 0 saturated carbocycles. The Morgan fingerprint density at radius 3 is 1.22 bits per heavy atom. The monoisotopic (exact) mass is 529 g/mol. The first-order chi connectivity index (χ1) is 18.0. The van der Waals surface area contributed by atoms with E-state index in [1.165, 1.54) is 142 Å². The Labute approximate surface area is 234 Å². The van der Waals surface area contributed by atoms with Gasteiger partial charge in [-0.3, -0.25) is 0 Å². The third-order valence-corrected chi connectivity index (χ3v) is 7.65. The van der Waals surface area contributed by atoms with Crippen LogP contribution in [0.1, 0.15) is 142 Å². The lowest BCUT2D eigenvalue weighted by Crippen LogP contribution is -3.12. The largest absolute Gasteiger partial charge is 0.381 e. The quantitative estimate of drug-likeness (QED) is 0.110. The molecule has 0 fully saturated rings. The van der Waals surface area contributed by atoms with Crippen molar-refractivity contribution in [3.63, 3.8) is 0 Å². The van der Waals surface area contributed by atoms with Gasteiger partial charge in [0.05, 0.1) is 53.3 Å². The fourth-order valence-electron chi connectivity index (χ4n) is 5.86. The number of rotatable bonds is 30. The van der Waals surface area contributed by atoms with Gasteiger partial charge in [-0.05, 0) is 25.7 Å². The van der Waals surface area contributed by atoms with E-state index in [2.05, 4.69) is 42.0 Å². The van der Waals surface area contributed by atoms with Crippen LogP contribution in [-0.4, -0.2) is 67.7 Å². The molecular weight excluding hydrogens is 456 g/mol. The normalized spacial score (nSPS) is 12.3. The molecule has 0 aliphatic carbocycles. The number of unbranched alkanes of at least 4 members (excludes halogenated alkanes) is 16. The fourth-order valence-corrected chi connectivity index (χ4v) is 5.86. The summed E-state index contributed by atoms with van der Waals surface area (Å²) in [7, 11) is 9.24. The average molecular weight is 529 g/mol. The van der Waals surface area contributed by atoms with Gasteiger partial charge in [-0.1, -0.05) is 117 Å². The van der Waals surface area contributed by atoms with Gasteiger partial charge in [-0.25, -0.2) is 0 Å². The van der Waals surface area contributed by atoms with Crippen LogP contribution in [0.15, 0.2) is 0 Å². The van der Waals surface area contributed by atoms with E-state index in [-0.39, 0.29) is 0 Å². The van der Waals surface area contributed by atoms with Crippen LogP contribution in [0.2, 0.25) is 0 Å². The Balaban J connectivity index is 4.11. The molecule has 2 N–H and O–H groups in total. The minimum Gasteiger partial charge on any atom is -0.381 e. The zero-order valence-corrected chi connectivity index (χ0v) is 26.7. The van der Waals surface area contributed by atoms with E-state index in [9.17, 15) is 0 Å². The van der Waals surface area contributed by atoms with Gasteiger partial charge in [0.2, 0.25) is 0 Å². The number of nitrogens with one attached hydrogen (secondary N) is 2. The first-order valence-electron chi connectivity index (χ1n) is 16.7. The molecule has 224 valence electrons. The number of hydrogen-bond acceptors (Lipinski definition) is 2. The van der Waals surface area contributed by atoms with E-state index >= 15 is 0 Å². The topological polar surface area (TPSA) is 27.3 Å². The van der Waals surface area contributed by atoms with Gasteiger partial charge in [0.1, 0.15) is 0 Å². The second-order valence-electron chi connectivity index (χ2n) is 12.7. The maximum Gasteiger partial charge on any atom is 0.0914 e. The predicted octanol–water partition coefficient (Wildman–Crippen LogP) is 6.14. The minimum atomic E-state index is 0.303. The Kier molecular flexibility index (Phi) is 27.3. The molecule has 0 amide bonds. The highest BCUT2D eigenvalue weighted by atomic mass is 16.5. The Morgan fingerprint density at radius 1 is 0.432 bits per heavy atom. The summed E-state index contributed by atoms with van der Waals surface area (Å²) in [4.78, 5) is 3.11.